The third kappa shape index (κ3) is 3.05. The predicted molar refractivity (Wildman–Crippen MR) is 29.7 cm³/mol. The fraction of sp³-hybridized carbons (Fsp3) is 0.800. The molecule has 9 heavy (non-hydrogen) atoms. The molecule has 0 radical (unpaired) electrons. The third-order valence-corrected chi connectivity index (χ3v) is 0.732. The van der Waals surface area contributed by atoms with E-state index in [0.717, 1.165) is 0 Å². The second kappa shape index (κ2) is 4.29. The molecule has 0 aliphatic heterocycles. The molecule has 4 nitrogen and oxygen atoms in total. The maximum atomic E-state index is 10.3. The summed E-state index contributed by atoms with van der Waals surface area (Å²) in [7, 11) is 0. The van der Waals surface area contributed by atoms with Crippen LogP contribution < -0.4 is 0 Å². The Morgan fingerprint density at radius 2 is 2.33 bits per heavy atom. The standard InChI is InChI=1S/C5H10O4/c1-2-9-5(8)4(7)3-6/h4,6-7H,2-3H2,1H3/t4-/m1/s1. The van der Waals surface area contributed by atoms with Crippen LogP contribution in [-0.4, -0.2) is 35.5 Å². The minimum absolute atomic E-state index is 0.218. The number of aliphatic hydroxyl groups is 2. The average molecular weight is 134 g/mol. The molecule has 0 fully saturated rings. The van der Waals surface area contributed by atoms with Crippen molar-refractivity contribution in [2.75, 3.05) is 13.2 Å². The molecule has 0 aromatic heterocycles. The quantitative estimate of drug-likeness (QED) is 0.481. The SMILES string of the molecule is CCOC(=O)[C@H](O)CO. The van der Waals surface area contributed by atoms with Crippen LogP contribution >= 0.6 is 0 Å². The van der Waals surface area contributed by atoms with Crippen molar-refractivity contribution in [3.63, 3.8) is 0 Å². The van der Waals surface area contributed by atoms with E-state index >= 15 is 0 Å². The van der Waals surface area contributed by atoms with Crippen molar-refractivity contribution in [1.29, 1.82) is 0 Å². The summed E-state index contributed by atoms with van der Waals surface area (Å²) in [4.78, 5) is 10.3. The van der Waals surface area contributed by atoms with Gasteiger partial charge in [0.25, 0.3) is 0 Å². The van der Waals surface area contributed by atoms with E-state index in [9.17, 15) is 4.79 Å². The summed E-state index contributed by atoms with van der Waals surface area (Å²) >= 11 is 0. The van der Waals surface area contributed by atoms with Crippen molar-refractivity contribution >= 4 is 5.97 Å². The van der Waals surface area contributed by atoms with Gasteiger partial charge in [-0.05, 0) is 6.92 Å². The van der Waals surface area contributed by atoms with Gasteiger partial charge in [0, 0.05) is 0 Å². The molecule has 0 bridgehead atoms. The van der Waals surface area contributed by atoms with E-state index in [1.165, 1.54) is 0 Å². The van der Waals surface area contributed by atoms with Crippen LogP contribution in [0.15, 0.2) is 0 Å². The summed E-state index contributed by atoms with van der Waals surface area (Å²) in [6.07, 6.45) is -1.38. The average Bonchev–Trinajstić information content (AvgIpc) is 1.87. The van der Waals surface area contributed by atoms with E-state index in [4.69, 9.17) is 10.2 Å². The van der Waals surface area contributed by atoms with Gasteiger partial charge < -0.3 is 14.9 Å². The van der Waals surface area contributed by atoms with Gasteiger partial charge in [-0.2, -0.15) is 0 Å². The molecule has 0 aliphatic carbocycles. The van der Waals surface area contributed by atoms with Gasteiger partial charge in [-0.3, -0.25) is 0 Å². The van der Waals surface area contributed by atoms with E-state index in [2.05, 4.69) is 4.74 Å². The molecular weight excluding hydrogens is 124 g/mol. The highest BCUT2D eigenvalue weighted by atomic mass is 16.5. The Hall–Kier alpha value is -0.610. The van der Waals surface area contributed by atoms with Crippen molar-refractivity contribution in [1.82, 2.24) is 0 Å². The van der Waals surface area contributed by atoms with Crippen LogP contribution in [0.1, 0.15) is 6.92 Å². The molecule has 0 saturated heterocycles. The number of aliphatic hydroxyl groups excluding tert-OH is 2. The predicted octanol–water partition coefficient (Wildman–Crippen LogP) is -1.10. The van der Waals surface area contributed by atoms with Crippen LogP contribution in [0.25, 0.3) is 0 Å². The minimum Gasteiger partial charge on any atom is -0.464 e. The van der Waals surface area contributed by atoms with Crippen molar-refractivity contribution in [2.45, 2.75) is 13.0 Å². The van der Waals surface area contributed by atoms with E-state index in [1.54, 1.807) is 6.92 Å². The van der Waals surface area contributed by atoms with Crippen LogP contribution in [0, 0.1) is 0 Å². The minimum atomic E-state index is -1.38. The number of carbonyl (C=O) groups is 1. The summed E-state index contributed by atoms with van der Waals surface area (Å²) in [5, 5.41) is 16.7. The first-order valence-corrected chi connectivity index (χ1v) is 2.68. The Labute approximate surface area is 53.1 Å². The van der Waals surface area contributed by atoms with Crippen LogP contribution in [0.2, 0.25) is 0 Å². The van der Waals surface area contributed by atoms with Crippen LogP contribution in [-0.2, 0) is 9.53 Å². The second-order valence-corrected chi connectivity index (χ2v) is 1.45. The topological polar surface area (TPSA) is 66.8 Å². The lowest BCUT2D eigenvalue weighted by Crippen LogP contribution is -2.26. The smallest absolute Gasteiger partial charge is 0.337 e. The molecule has 0 aromatic rings. The highest BCUT2D eigenvalue weighted by molar-refractivity contribution is 5.74. The first-order chi connectivity index (χ1) is 4.22. The number of rotatable bonds is 3. The number of ether oxygens (including phenoxy) is 1. The monoisotopic (exact) mass is 134 g/mol. The van der Waals surface area contributed by atoms with Crippen molar-refractivity contribution in [3.8, 4) is 0 Å². The van der Waals surface area contributed by atoms with E-state index < -0.39 is 18.7 Å². The van der Waals surface area contributed by atoms with E-state index in [0.29, 0.717) is 0 Å². The molecule has 4 heteroatoms. The molecule has 0 aliphatic rings. The Bertz CT molecular complexity index is 91.0. The molecule has 2 N–H and O–H groups in total. The lowest BCUT2D eigenvalue weighted by Gasteiger charge is -2.04. The molecule has 0 unspecified atom stereocenters. The Balaban J connectivity index is 3.46. The number of carbonyl (C=O) groups excluding carboxylic acids is 1. The zero-order valence-electron chi connectivity index (χ0n) is 5.20. The largest absolute Gasteiger partial charge is 0.464 e. The summed E-state index contributed by atoms with van der Waals surface area (Å²) in [6.45, 7) is 1.26. The highest BCUT2D eigenvalue weighted by Gasteiger charge is 2.13. The summed E-state index contributed by atoms with van der Waals surface area (Å²) in [5.74, 6) is -0.778. The van der Waals surface area contributed by atoms with Gasteiger partial charge in [-0.15, -0.1) is 0 Å². The lowest BCUT2D eigenvalue weighted by atomic mass is 10.4. The van der Waals surface area contributed by atoms with Crippen LogP contribution in [0.5, 0.6) is 0 Å². The van der Waals surface area contributed by atoms with Gasteiger partial charge in [-0.25, -0.2) is 4.79 Å². The Kier molecular flexibility index (Phi) is 4.00. The van der Waals surface area contributed by atoms with E-state index in [1.807, 2.05) is 0 Å². The van der Waals surface area contributed by atoms with E-state index in [-0.39, 0.29) is 6.61 Å². The maximum Gasteiger partial charge on any atom is 0.337 e. The number of esters is 1. The molecular formula is C5H10O4. The zero-order chi connectivity index (χ0) is 7.28. The van der Waals surface area contributed by atoms with Gasteiger partial charge in [0.15, 0.2) is 6.10 Å². The second-order valence-electron chi connectivity index (χ2n) is 1.45. The first kappa shape index (κ1) is 8.39. The first-order valence-electron chi connectivity index (χ1n) is 2.68. The molecule has 0 aromatic carbocycles. The van der Waals surface area contributed by atoms with Gasteiger partial charge in [0.1, 0.15) is 0 Å². The summed E-state index contributed by atoms with van der Waals surface area (Å²) < 4.78 is 4.35. The fourth-order valence-electron chi connectivity index (χ4n) is 0.313. The van der Waals surface area contributed by atoms with Crippen LogP contribution in [0.3, 0.4) is 0 Å². The van der Waals surface area contributed by atoms with Crippen LogP contribution in [0.4, 0.5) is 0 Å². The van der Waals surface area contributed by atoms with Crippen molar-refractivity contribution in [3.05, 3.63) is 0 Å². The molecule has 54 valence electrons. The summed E-state index contributed by atoms with van der Waals surface area (Å²) in [6, 6.07) is 0. The van der Waals surface area contributed by atoms with Crippen molar-refractivity contribution in [2.24, 2.45) is 0 Å². The molecule has 0 saturated carbocycles. The fourth-order valence-corrected chi connectivity index (χ4v) is 0.313. The van der Waals surface area contributed by atoms with Gasteiger partial charge in [0.2, 0.25) is 0 Å². The molecule has 0 amide bonds. The normalized spacial score (nSPS) is 12.8. The lowest BCUT2D eigenvalue weighted by molar-refractivity contribution is -0.154. The third-order valence-electron chi connectivity index (χ3n) is 0.732. The molecule has 0 rings (SSSR count). The number of hydrogen-bond acceptors (Lipinski definition) is 4. The number of hydrogen-bond donors (Lipinski definition) is 2. The van der Waals surface area contributed by atoms with Gasteiger partial charge >= 0.3 is 5.97 Å². The molecule has 1 atom stereocenters. The molecule has 0 spiro atoms. The Morgan fingerprint density at radius 3 is 2.67 bits per heavy atom. The highest BCUT2D eigenvalue weighted by Crippen LogP contribution is 1.85. The van der Waals surface area contributed by atoms with Gasteiger partial charge in [-0.1, -0.05) is 0 Å². The zero-order valence-corrected chi connectivity index (χ0v) is 5.20. The van der Waals surface area contributed by atoms with Crippen molar-refractivity contribution < 1.29 is 19.7 Å². The van der Waals surface area contributed by atoms with Gasteiger partial charge in [0.05, 0.1) is 13.2 Å². The summed E-state index contributed by atoms with van der Waals surface area (Å²) in [5.41, 5.74) is 0. The molecule has 0 heterocycles. The maximum absolute atomic E-state index is 10.3. The Morgan fingerprint density at radius 1 is 1.78 bits per heavy atom.